The summed E-state index contributed by atoms with van der Waals surface area (Å²) in [5, 5.41) is 3.53. The number of carbonyl (C=O) groups is 1. The quantitative estimate of drug-likeness (QED) is 0.928. The molecule has 1 aromatic rings. The van der Waals surface area contributed by atoms with Gasteiger partial charge in [-0.3, -0.25) is 4.90 Å². The summed E-state index contributed by atoms with van der Waals surface area (Å²) in [5.74, 6) is 0. The molecule has 0 aromatic heterocycles. The van der Waals surface area contributed by atoms with Gasteiger partial charge in [-0.15, -0.1) is 0 Å². The molecule has 0 saturated heterocycles. The van der Waals surface area contributed by atoms with E-state index in [9.17, 15) is 4.79 Å². The van der Waals surface area contributed by atoms with Crippen LogP contribution in [0.15, 0.2) is 18.2 Å². The van der Waals surface area contributed by atoms with Crippen LogP contribution in [0.4, 0.5) is 10.5 Å². The van der Waals surface area contributed by atoms with Gasteiger partial charge in [0.25, 0.3) is 0 Å². The summed E-state index contributed by atoms with van der Waals surface area (Å²) in [7, 11) is 0. The lowest BCUT2D eigenvalue weighted by atomic mass is 10.1. The van der Waals surface area contributed by atoms with Crippen molar-refractivity contribution in [2.24, 2.45) is 0 Å². The van der Waals surface area contributed by atoms with Crippen LogP contribution in [0.25, 0.3) is 0 Å². The summed E-state index contributed by atoms with van der Waals surface area (Å²) >= 11 is 0. The van der Waals surface area contributed by atoms with Gasteiger partial charge in [0.15, 0.2) is 0 Å². The molecule has 1 fully saturated rings. The Bertz CT molecular complexity index is 544. The summed E-state index contributed by atoms with van der Waals surface area (Å²) in [6.45, 7) is 7.26. The minimum atomic E-state index is -0.457. The lowest BCUT2D eigenvalue weighted by molar-refractivity contribution is 0.0583. The zero-order valence-corrected chi connectivity index (χ0v) is 13.1. The topological polar surface area (TPSA) is 41.6 Å². The Balaban J connectivity index is 1.80. The molecule has 21 heavy (non-hydrogen) atoms. The number of nitrogens with one attached hydrogen (secondary N) is 1. The highest BCUT2D eigenvalue weighted by Crippen LogP contribution is 2.33. The number of nitrogens with zero attached hydrogens (tertiary/aromatic N) is 1. The molecule has 114 valence electrons. The number of anilines is 1. The highest BCUT2D eigenvalue weighted by Gasteiger charge is 2.31. The van der Waals surface area contributed by atoms with Crippen LogP contribution in [0, 0.1) is 0 Å². The van der Waals surface area contributed by atoms with Gasteiger partial charge in [-0.2, -0.15) is 0 Å². The minimum Gasteiger partial charge on any atom is -0.443 e. The van der Waals surface area contributed by atoms with Crippen molar-refractivity contribution < 1.29 is 9.53 Å². The molecule has 1 aliphatic heterocycles. The fourth-order valence-electron chi connectivity index (χ4n) is 2.72. The summed E-state index contributed by atoms with van der Waals surface area (Å²) in [6, 6.07) is 6.97. The molecule has 1 amide bonds. The molecular weight excluding hydrogens is 264 g/mol. The van der Waals surface area contributed by atoms with Crippen molar-refractivity contribution in [3.63, 3.8) is 0 Å². The molecule has 0 atom stereocenters. The van der Waals surface area contributed by atoms with Crippen molar-refractivity contribution in [2.75, 3.05) is 11.4 Å². The summed E-state index contributed by atoms with van der Waals surface area (Å²) in [4.78, 5) is 14.2. The Morgan fingerprint density at radius 1 is 1.38 bits per heavy atom. The van der Waals surface area contributed by atoms with Gasteiger partial charge < -0.3 is 10.1 Å². The van der Waals surface area contributed by atoms with Gasteiger partial charge >= 0.3 is 6.09 Å². The second kappa shape index (κ2) is 5.34. The number of fused-ring (bicyclic) bond motifs is 1. The van der Waals surface area contributed by atoms with Gasteiger partial charge in [0, 0.05) is 19.1 Å². The third-order valence-corrected chi connectivity index (χ3v) is 3.85. The molecule has 0 radical (unpaired) electrons. The van der Waals surface area contributed by atoms with Gasteiger partial charge in [0.1, 0.15) is 5.60 Å². The first kappa shape index (κ1) is 14.4. The fraction of sp³-hybridized carbons (Fsp3) is 0.588. The van der Waals surface area contributed by atoms with E-state index >= 15 is 0 Å². The highest BCUT2D eigenvalue weighted by atomic mass is 16.6. The predicted octanol–water partition coefficient (Wildman–Crippen LogP) is 3.24. The molecule has 3 rings (SSSR count). The minimum absolute atomic E-state index is 0.236. The predicted molar refractivity (Wildman–Crippen MR) is 83.6 cm³/mol. The van der Waals surface area contributed by atoms with E-state index in [0.29, 0.717) is 12.6 Å². The van der Waals surface area contributed by atoms with Crippen LogP contribution in [0.5, 0.6) is 0 Å². The van der Waals surface area contributed by atoms with Crippen LogP contribution in [0.2, 0.25) is 0 Å². The molecule has 1 N–H and O–H groups in total. The smallest absolute Gasteiger partial charge is 0.414 e. The average Bonchev–Trinajstić information content (AvgIpc) is 3.11. The average molecular weight is 288 g/mol. The maximum atomic E-state index is 12.4. The van der Waals surface area contributed by atoms with Crippen molar-refractivity contribution in [1.29, 1.82) is 0 Å². The largest absolute Gasteiger partial charge is 0.443 e. The van der Waals surface area contributed by atoms with Gasteiger partial charge in [-0.1, -0.05) is 18.2 Å². The third-order valence-electron chi connectivity index (χ3n) is 3.85. The third kappa shape index (κ3) is 3.38. The Kier molecular flexibility index (Phi) is 3.66. The summed E-state index contributed by atoms with van der Waals surface area (Å²) in [6.07, 6.45) is 3.21. The normalized spacial score (nSPS) is 17.8. The van der Waals surface area contributed by atoms with Crippen LogP contribution in [0.1, 0.15) is 44.7 Å². The van der Waals surface area contributed by atoms with Gasteiger partial charge in [-0.05, 0) is 51.2 Å². The second-order valence-corrected chi connectivity index (χ2v) is 6.96. The van der Waals surface area contributed by atoms with Gasteiger partial charge in [0.05, 0.1) is 5.69 Å². The van der Waals surface area contributed by atoms with Crippen molar-refractivity contribution in [2.45, 2.75) is 58.2 Å². The molecule has 0 bridgehead atoms. The van der Waals surface area contributed by atoms with E-state index in [4.69, 9.17) is 4.74 Å². The van der Waals surface area contributed by atoms with Crippen molar-refractivity contribution >= 4 is 11.8 Å². The van der Waals surface area contributed by atoms with E-state index in [1.54, 1.807) is 4.90 Å². The number of carbonyl (C=O) groups excluding carboxylic acids is 1. The Hall–Kier alpha value is -1.55. The van der Waals surface area contributed by atoms with Crippen molar-refractivity contribution in [3.8, 4) is 0 Å². The van der Waals surface area contributed by atoms with Crippen LogP contribution >= 0.6 is 0 Å². The maximum Gasteiger partial charge on any atom is 0.414 e. The standard InChI is InChI=1S/C17H24N2O2/c1-17(2,3)21-16(20)19-10-9-12-5-4-6-13(15(12)19)11-18-14-7-8-14/h4-6,14,18H,7-11H2,1-3H3. The number of hydrogen-bond acceptors (Lipinski definition) is 3. The van der Waals surface area contributed by atoms with Crippen LogP contribution in [-0.2, 0) is 17.7 Å². The molecular formula is C17H24N2O2. The first-order valence-corrected chi connectivity index (χ1v) is 7.79. The van der Waals surface area contributed by atoms with Crippen LogP contribution < -0.4 is 10.2 Å². The molecule has 4 heteroatoms. The monoisotopic (exact) mass is 288 g/mol. The Morgan fingerprint density at radius 3 is 2.81 bits per heavy atom. The molecule has 2 aliphatic rings. The van der Waals surface area contributed by atoms with Crippen molar-refractivity contribution in [1.82, 2.24) is 5.32 Å². The van der Waals surface area contributed by atoms with E-state index in [-0.39, 0.29) is 6.09 Å². The number of para-hydroxylation sites is 1. The Morgan fingerprint density at radius 2 is 2.14 bits per heavy atom. The molecule has 1 aromatic carbocycles. The van der Waals surface area contributed by atoms with E-state index in [2.05, 4.69) is 23.5 Å². The molecule has 0 unspecified atom stereocenters. The number of benzene rings is 1. The van der Waals surface area contributed by atoms with Crippen LogP contribution in [0.3, 0.4) is 0 Å². The van der Waals surface area contributed by atoms with E-state index in [1.165, 1.54) is 24.0 Å². The number of ether oxygens (including phenoxy) is 1. The summed E-state index contributed by atoms with van der Waals surface area (Å²) in [5.41, 5.74) is 3.04. The van der Waals surface area contributed by atoms with E-state index in [1.807, 2.05) is 20.8 Å². The van der Waals surface area contributed by atoms with E-state index < -0.39 is 5.60 Å². The highest BCUT2D eigenvalue weighted by molar-refractivity contribution is 5.91. The summed E-state index contributed by atoms with van der Waals surface area (Å²) < 4.78 is 5.54. The number of rotatable bonds is 3. The second-order valence-electron chi connectivity index (χ2n) is 6.96. The Labute approximate surface area is 126 Å². The lowest BCUT2D eigenvalue weighted by Crippen LogP contribution is -2.36. The van der Waals surface area contributed by atoms with E-state index in [0.717, 1.165) is 18.7 Å². The van der Waals surface area contributed by atoms with Crippen molar-refractivity contribution in [3.05, 3.63) is 29.3 Å². The first-order valence-electron chi connectivity index (χ1n) is 7.79. The number of hydrogen-bond donors (Lipinski definition) is 1. The first-order chi connectivity index (χ1) is 9.94. The van der Waals surface area contributed by atoms with Gasteiger partial charge in [-0.25, -0.2) is 4.79 Å². The van der Waals surface area contributed by atoms with Gasteiger partial charge in [0.2, 0.25) is 0 Å². The lowest BCUT2D eigenvalue weighted by Gasteiger charge is -2.26. The van der Waals surface area contributed by atoms with Crippen LogP contribution in [-0.4, -0.2) is 24.3 Å². The molecule has 4 nitrogen and oxygen atoms in total. The fourth-order valence-corrected chi connectivity index (χ4v) is 2.72. The molecule has 1 aliphatic carbocycles. The molecule has 1 heterocycles. The molecule has 1 saturated carbocycles. The molecule has 0 spiro atoms. The maximum absolute atomic E-state index is 12.4. The SMILES string of the molecule is CC(C)(C)OC(=O)N1CCc2cccc(CNC3CC3)c21. The zero-order chi connectivity index (χ0) is 15.0. The zero-order valence-electron chi connectivity index (χ0n) is 13.1. The number of amides is 1.